The number of hydrogen-bond donors (Lipinski definition) is 6. The first-order chi connectivity index (χ1) is 37.2. The Labute approximate surface area is 436 Å². The lowest BCUT2D eigenvalue weighted by Gasteiger charge is -2.17. The standard InChI is InChI=1S/2C9H11N.C8H8O2.C8H6O.C7H6N2.C7H5NO.C7H6O2.C6H7N3/c1-2-6-9-8(4-1)5-3-7-10-9;1-2-4-9-7-10-6-5-8(9)3-1;1-2-4-8-7(3-1)9-5-6-10-8;1-2-4-8-7(3-1)5-6-9-8;3*1-2-4-7-6(3-1)8-5-9-7;1-2-4-6-5(3-1)7-9-8-6/h1-2,4,6,10H,3,5,7H2;1-4,10H,5-7H2;1-4H,5-6H2;1-6H;1-5H,(H,8,9);1-5H;1-4H,5H2;1-4,7-9H. The summed E-state index contributed by atoms with van der Waals surface area (Å²) in [6.07, 6.45) is 8.55. The molecule has 14 nitrogen and oxygen atoms in total. The van der Waals surface area contributed by atoms with Gasteiger partial charge >= 0.3 is 0 Å². The molecule has 8 heterocycles. The van der Waals surface area contributed by atoms with Gasteiger partial charge in [-0.15, -0.1) is 5.53 Å². The molecule has 8 aromatic carbocycles. The number of hydrogen-bond acceptors (Lipinski definition) is 13. The van der Waals surface area contributed by atoms with Crippen molar-refractivity contribution in [2.75, 3.05) is 49.3 Å². The SMILES string of the molecule is c1ccc2[nH]cnc2c1.c1ccc2c(c1)CCCN2.c1ccc2c(c1)CCNC2.c1ccc2c(c1)NNN2.c1ccc2c(c1)OCCO2.c1ccc2c(c1)OCO2.c1ccc2occc2c1.c1ccc2ocnc2c1. The third kappa shape index (κ3) is 15.1. The predicted molar refractivity (Wildman–Crippen MR) is 298 cm³/mol. The first kappa shape index (κ1) is 50.7. The third-order valence-electron chi connectivity index (χ3n) is 11.9. The number of para-hydroxylation sites is 12. The summed E-state index contributed by atoms with van der Waals surface area (Å²) in [6, 6.07) is 66.0. The van der Waals surface area contributed by atoms with Crippen molar-refractivity contribution in [3.8, 4) is 23.0 Å². The maximum absolute atomic E-state index is 5.30. The molecule has 0 bridgehead atoms. The van der Waals surface area contributed by atoms with Crippen LogP contribution in [0.1, 0.15) is 23.1 Å². The zero-order chi connectivity index (χ0) is 51.0. The van der Waals surface area contributed by atoms with E-state index < -0.39 is 0 Å². The molecule has 16 rings (SSSR count). The lowest BCUT2D eigenvalue weighted by Crippen LogP contribution is -2.23. The van der Waals surface area contributed by atoms with E-state index in [0.717, 1.165) is 87.1 Å². The smallest absolute Gasteiger partial charge is 0.231 e. The van der Waals surface area contributed by atoms with E-state index in [1.165, 1.54) is 48.0 Å². The topological polar surface area (TPSA) is 165 Å². The average Bonchev–Trinajstić information content (AvgIpc) is 4.37. The minimum absolute atomic E-state index is 0.360. The van der Waals surface area contributed by atoms with Crippen molar-refractivity contribution in [3.05, 3.63) is 236 Å². The number of imidazole rings is 1. The van der Waals surface area contributed by atoms with Gasteiger partial charge in [0.15, 0.2) is 35.0 Å². The van der Waals surface area contributed by atoms with E-state index in [1.54, 1.807) is 12.6 Å². The summed E-state index contributed by atoms with van der Waals surface area (Å²) in [5, 5.41) is 7.87. The number of rotatable bonds is 0. The number of oxazole rings is 1. The molecular weight excluding hydrogens is 941 g/mol. The second kappa shape index (κ2) is 27.5. The van der Waals surface area contributed by atoms with Gasteiger partial charge in [0, 0.05) is 24.2 Å². The summed E-state index contributed by atoms with van der Waals surface area (Å²) in [5.41, 5.74) is 21.5. The number of fused-ring (bicyclic) bond motifs is 8. The van der Waals surface area contributed by atoms with Crippen molar-refractivity contribution in [1.29, 1.82) is 0 Å². The van der Waals surface area contributed by atoms with Crippen molar-refractivity contribution in [1.82, 2.24) is 25.8 Å². The van der Waals surface area contributed by atoms with Crippen molar-refractivity contribution < 1.29 is 27.8 Å². The number of aromatic amines is 1. The van der Waals surface area contributed by atoms with Crippen LogP contribution in [-0.2, 0) is 19.4 Å². The molecule has 5 aliphatic heterocycles. The van der Waals surface area contributed by atoms with E-state index in [4.69, 9.17) is 27.8 Å². The highest BCUT2D eigenvalue weighted by atomic mass is 16.7. The van der Waals surface area contributed by atoms with Crippen LogP contribution in [0.2, 0.25) is 0 Å². The van der Waals surface area contributed by atoms with Gasteiger partial charge in [-0.3, -0.25) is 0 Å². The van der Waals surface area contributed by atoms with Crippen LogP contribution in [-0.4, -0.2) is 48.0 Å². The average molecular weight is 1000 g/mol. The molecule has 0 amide bonds. The van der Waals surface area contributed by atoms with Crippen molar-refractivity contribution >= 4 is 50.2 Å². The van der Waals surface area contributed by atoms with Crippen LogP contribution in [0, 0.1) is 0 Å². The highest BCUT2D eigenvalue weighted by Gasteiger charge is 2.11. The minimum Gasteiger partial charge on any atom is -0.486 e. The van der Waals surface area contributed by atoms with E-state index >= 15 is 0 Å². The fraction of sp³-hybridized carbons (Fsp3) is 0.148. The van der Waals surface area contributed by atoms with Gasteiger partial charge in [0.25, 0.3) is 0 Å². The molecule has 11 aromatic rings. The molecule has 5 aliphatic rings. The number of H-pyrrole nitrogens is 1. The number of furan rings is 1. The summed E-state index contributed by atoms with van der Waals surface area (Å²) >= 11 is 0. The van der Waals surface area contributed by atoms with E-state index in [1.807, 2.05) is 152 Å². The molecule has 75 heavy (non-hydrogen) atoms. The molecule has 0 atom stereocenters. The third-order valence-corrected chi connectivity index (χ3v) is 11.9. The molecule has 0 saturated heterocycles. The molecule has 3 aromatic heterocycles. The van der Waals surface area contributed by atoms with Gasteiger partial charge in [0.1, 0.15) is 24.3 Å². The Morgan fingerprint density at radius 3 is 1.67 bits per heavy atom. The Morgan fingerprint density at radius 1 is 0.427 bits per heavy atom. The Kier molecular flexibility index (Phi) is 18.6. The number of aromatic nitrogens is 3. The summed E-state index contributed by atoms with van der Waals surface area (Å²) in [6.45, 7) is 5.01. The molecule has 0 aliphatic carbocycles. The summed E-state index contributed by atoms with van der Waals surface area (Å²) in [5.74, 6) is 3.40. The van der Waals surface area contributed by atoms with Gasteiger partial charge in [-0.25, -0.2) is 9.97 Å². The minimum atomic E-state index is 0.360. The summed E-state index contributed by atoms with van der Waals surface area (Å²) in [7, 11) is 0. The molecule has 14 heteroatoms. The molecular formula is C61H60N8O6. The largest absolute Gasteiger partial charge is 0.486 e. The van der Waals surface area contributed by atoms with Gasteiger partial charge in [-0.05, 0) is 121 Å². The maximum Gasteiger partial charge on any atom is 0.231 e. The molecule has 0 spiro atoms. The van der Waals surface area contributed by atoms with Crippen LogP contribution in [0.15, 0.2) is 228 Å². The van der Waals surface area contributed by atoms with Crippen LogP contribution in [0.5, 0.6) is 23.0 Å². The number of ether oxygens (including phenoxy) is 4. The van der Waals surface area contributed by atoms with Gasteiger partial charge in [0.05, 0.1) is 35.0 Å². The Balaban J connectivity index is 0.000000105. The van der Waals surface area contributed by atoms with Gasteiger partial charge in [-0.1, -0.05) is 121 Å². The van der Waals surface area contributed by atoms with Crippen LogP contribution in [0.3, 0.4) is 0 Å². The van der Waals surface area contributed by atoms with Gasteiger partial charge < -0.3 is 54.3 Å². The molecule has 0 unspecified atom stereocenters. The summed E-state index contributed by atoms with van der Waals surface area (Å²) in [4.78, 5) is 11.0. The van der Waals surface area contributed by atoms with E-state index in [2.05, 4.69) is 90.5 Å². The van der Waals surface area contributed by atoms with Crippen LogP contribution in [0.25, 0.3) is 33.1 Å². The normalized spacial score (nSPS) is 13.2. The monoisotopic (exact) mass is 1000 g/mol. The number of aryl methyl sites for hydroxylation is 1. The lowest BCUT2D eigenvalue weighted by molar-refractivity contribution is 0.171. The fourth-order valence-electron chi connectivity index (χ4n) is 8.13. The van der Waals surface area contributed by atoms with Crippen molar-refractivity contribution in [2.24, 2.45) is 0 Å². The first-order valence-corrected chi connectivity index (χ1v) is 25.0. The number of nitrogens with one attached hydrogen (secondary N) is 6. The van der Waals surface area contributed by atoms with Gasteiger partial charge in [0.2, 0.25) is 6.79 Å². The Bertz CT molecular complexity index is 2890. The van der Waals surface area contributed by atoms with Crippen LogP contribution < -0.4 is 46.0 Å². The van der Waals surface area contributed by atoms with Gasteiger partial charge in [-0.2, -0.15) is 0 Å². The van der Waals surface area contributed by atoms with E-state index in [-0.39, 0.29) is 0 Å². The number of benzene rings is 8. The van der Waals surface area contributed by atoms with Crippen LogP contribution >= 0.6 is 0 Å². The number of hydrazine groups is 2. The highest BCUT2D eigenvalue weighted by molar-refractivity contribution is 5.76. The Hall–Kier alpha value is -9.24. The second-order valence-electron chi connectivity index (χ2n) is 17.0. The van der Waals surface area contributed by atoms with Crippen LogP contribution in [0.4, 0.5) is 17.1 Å². The van der Waals surface area contributed by atoms with Crippen molar-refractivity contribution in [2.45, 2.75) is 25.8 Å². The number of anilines is 3. The lowest BCUT2D eigenvalue weighted by atomic mass is 10.0. The zero-order valence-corrected chi connectivity index (χ0v) is 41.5. The quantitative estimate of drug-likeness (QED) is 0.0851. The molecule has 0 radical (unpaired) electrons. The number of nitrogens with zero attached hydrogens (tertiary/aromatic N) is 2. The first-order valence-electron chi connectivity index (χ1n) is 25.0. The second-order valence-corrected chi connectivity index (χ2v) is 17.0. The zero-order valence-electron chi connectivity index (χ0n) is 41.5. The predicted octanol–water partition coefficient (Wildman–Crippen LogP) is 13.0. The highest BCUT2D eigenvalue weighted by Crippen LogP contribution is 2.31. The Morgan fingerprint density at radius 2 is 1.00 bits per heavy atom. The van der Waals surface area contributed by atoms with E-state index in [9.17, 15) is 0 Å². The maximum atomic E-state index is 5.30. The molecule has 0 saturated carbocycles. The summed E-state index contributed by atoms with van der Waals surface area (Å²) < 4.78 is 30.9. The molecule has 380 valence electrons. The van der Waals surface area contributed by atoms with Crippen molar-refractivity contribution in [3.63, 3.8) is 0 Å². The molecule has 0 fully saturated rings. The molecule has 6 N–H and O–H groups in total. The fourth-order valence-corrected chi connectivity index (χ4v) is 8.13. The van der Waals surface area contributed by atoms with E-state index in [0.29, 0.717) is 20.0 Å².